The molecule has 0 aliphatic rings. The average Bonchev–Trinajstić information content (AvgIpc) is 3.15. The molecule has 0 aliphatic heterocycles. The van der Waals surface area contributed by atoms with Crippen LogP contribution in [0.25, 0.3) is 22.2 Å². The minimum absolute atomic E-state index is 0.179. The Labute approximate surface area is 150 Å². The Morgan fingerprint density at radius 2 is 1.92 bits per heavy atom. The Morgan fingerprint density at radius 1 is 1.08 bits per heavy atom. The van der Waals surface area contributed by atoms with Gasteiger partial charge >= 0.3 is 0 Å². The summed E-state index contributed by atoms with van der Waals surface area (Å²) in [5, 5.41) is 12.0. The third-order valence-corrected chi connectivity index (χ3v) is 4.34. The lowest BCUT2D eigenvalue weighted by Crippen LogP contribution is -2.19. The highest BCUT2D eigenvalue weighted by atomic mass is 16.2. The summed E-state index contributed by atoms with van der Waals surface area (Å²) in [5.74, 6) is 0.351. The molecule has 1 atom stereocenters. The number of nitrogens with one attached hydrogen (secondary N) is 2. The minimum atomic E-state index is -0.344. The molecule has 0 unspecified atom stereocenters. The second-order valence-corrected chi connectivity index (χ2v) is 6.03. The van der Waals surface area contributed by atoms with Crippen molar-refractivity contribution in [3.8, 4) is 11.4 Å². The molecular weight excluding hydrogens is 326 g/mol. The molecule has 2 aromatic heterocycles. The average molecular weight is 343 g/mol. The van der Waals surface area contributed by atoms with Gasteiger partial charge in [0.25, 0.3) is 0 Å². The summed E-state index contributed by atoms with van der Waals surface area (Å²) in [7, 11) is 0. The number of hydrogen-bond donors (Lipinski definition) is 2. The van der Waals surface area contributed by atoms with Crippen LogP contribution in [0.3, 0.4) is 0 Å². The highest BCUT2D eigenvalue weighted by Crippen LogP contribution is 2.26. The van der Waals surface area contributed by atoms with Gasteiger partial charge < -0.3 is 0 Å². The first-order valence-corrected chi connectivity index (χ1v) is 8.34. The van der Waals surface area contributed by atoms with Crippen molar-refractivity contribution < 1.29 is 4.79 Å². The predicted molar refractivity (Wildman–Crippen MR) is 101 cm³/mol. The van der Waals surface area contributed by atoms with E-state index in [1.807, 2.05) is 61.5 Å². The number of carbonyl (C=O) groups is 1. The molecule has 2 N–H and O–H groups in total. The molecule has 0 spiro atoms. The molecule has 0 saturated heterocycles. The Morgan fingerprint density at radius 3 is 2.77 bits per heavy atom. The van der Waals surface area contributed by atoms with E-state index < -0.39 is 0 Å². The minimum Gasteiger partial charge on any atom is -0.293 e. The molecule has 4 rings (SSSR count). The number of hydrogen-bond acceptors (Lipinski definition) is 4. The van der Waals surface area contributed by atoms with Crippen LogP contribution in [0, 0.1) is 0 Å². The van der Waals surface area contributed by atoms with E-state index in [2.05, 4.69) is 25.5 Å². The van der Waals surface area contributed by atoms with E-state index in [9.17, 15) is 4.79 Å². The molecule has 1 amide bonds. The third-order valence-electron chi connectivity index (χ3n) is 4.34. The van der Waals surface area contributed by atoms with E-state index >= 15 is 0 Å². The van der Waals surface area contributed by atoms with Gasteiger partial charge in [0.15, 0.2) is 5.82 Å². The van der Waals surface area contributed by atoms with Gasteiger partial charge in [-0.3, -0.25) is 20.2 Å². The van der Waals surface area contributed by atoms with Gasteiger partial charge in [0.1, 0.15) is 0 Å². The zero-order chi connectivity index (χ0) is 17.9. The van der Waals surface area contributed by atoms with Crippen molar-refractivity contribution in [1.82, 2.24) is 20.2 Å². The van der Waals surface area contributed by atoms with E-state index in [0.29, 0.717) is 5.82 Å². The lowest BCUT2D eigenvalue weighted by atomic mass is 10.0. The summed E-state index contributed by atoms with van der Waals surface area (Å²) in [6, 6.07) is 17.8. The van der Waals surface area contributed by atoms with Gasteiger partial charge in [0.05, 0.1) is 5.92 Å². The maximum atomic E-state index is 12.4. The van der Waals surface area contributed by atoms with Crippen LogP contribution in [-0.4, -0.2) is 26.1 Å². The van der Waals surface area contributed by atoms with E-state index in [-0.39, 0.29) is 17.8 Å². The summed E-state index contributed by atoms with van der Waals surface area (Å²) in [5.41, 5.74) is 1.78. The Kier molecular flexibility index (Phi) is 4.15. The smallest absolute Gasteiger partial charge is 0.249 e. The number of pyridine rings is 1. The second kappa shape index (κ2) is 6.76. The number of benzene rings is 2. The number of H-pyrrole nitrogens is 1. The molecule has 6 heteroatoms. The van der Waals surface area contributed by atoms with E-state index in [1.54, 1.807) is 12.4 Å². The standard InChI is InChI=1S/C20H17N5O/c1-13(15-8-5-11-21-12-15)19(26)23-20-22-18(24-25-20)17-10-4-7-14-6-2-3-9-16(14)17/h2-13H,1H3,(H2,22,23,24,25,26)/t13-/m1/s1. The van der Waals surface area contributed by atoms with Gasteiger partial charge in [-0.2, -0.15) is 4.98 Å². The summed E-state index contributed by atoms with van der Waals surface area (Å²) in [6.07, 6.45) is 3.36. The van der Waals surface area contributed by atoms with Crippen molar-refractivity contribution in [2.45, 2.75) is 12.8 Å². The molecule has 0 radical (unpaired) electrons. The fourth-order valence-corrected chi connectivity index (χ4v) is 2.87. The lowest BCUT2D eigenvalue weighted by Gasteiger charge is -2.09. The third kappa shape index (κ3) is 3.04. The Bertz CT molecular complexity index is 1050. The van der Waals surface area contributed by atoms with Crippen molar-refractivity contribution in [3.05, 3.63) is 72.6 Å². The first-order chi connectivity index (χ1) is 12.7. The first kappa shape index (κ1) is 16.0. The maximum Gasteiger partial charge on any atom is 0.249 e. The second-order valence-electron chi connectivity index (χ2n) is 6.03. The molecule has 0 aliphatic carbocycles. The SMILES string of the molecule is C[C@@H](C(=O)Nc1n[nH]c(-c2cccc3ccccc23)n1)c1cccnc1. The van der Waals surface area contributed by atoms with Gasteiger partial charge in [-0.1, -0.05) is 48.5 Å². The molecular formula is C20H17N5O. The highest BCUT2D eigenvalue weighted by molar-refractivity contribution is 5.96. The molecule has 2 aromatic carbocycles. The van der Waals surface area contributed by atoms with Gasteiger partial charge in [-0.25, -0.2) is 0 Å². The molecule has 0 saturated carbocycles. The number of aromatic amines is 1. The Hall–Kier alpha value is -3.54. The number of amides is 1. The van der Waals surface area contributed by atoms with Crippen LogP contribution in [0.2, 0.25) is 0 Å². The maximum absolute atomic E-state index is 12.4. The number of nitrogens with zero attached hydrogens (tertiary/aromatic N) is 3. The van der Waals surface area contributed by atoms with Gasteiger partial charge in [0.2, 0.25) is 11.9 Å². The van der Waals surface area contributed by atoms with Crippen molar-refractivity contribution >= 4 is 22.6 Å². The number of fused-ring (bicyclic) bond motifs is 1. The molecule has 4 aromatic rings. The van der Waals surface area contributed by atoms with Crippen LogP contribution in [0.15, 0.2) is 67.0 Å². The van der Waals surface area contributed by atoms with E-state index in [1.165, 1.54) is 0 Å². The van der Waals surface area contributed by atoms with Crippen molar-refractivity contribution in [1.29, 1.82) is 0 Å². The molecule has 6 nitrogen and oxygen atoms in total. The summed E-state index contributed by atoms with van der Waals surface area (Å²) >= 11 is 0. The number of carbonyl (C=O) groups excluding carboxylic acids is 1. The van der Waals surface area contributed by atoms with Crippen LogP contribution < -0.4 is 5.32 Å². The number of rotatable bonds is 4. The lowest BCUT2D eigenvalue weighted by molar-refractivity contribution is -0.117. The molecule has 0 fully saturated rings. The van der Waals surface area contributed by atoms with Crippen molar-refractivity contribution in [3.63, 3.8) is 0 Å². The zero-order valence-corrected chi connectivity index (χ0v) is 14.2. The largest absolute Gasteiger partial charge is 0.293 e. The van der Waals surface area contributed by atoms with Crippen LogP contribution in [0.4, 0.5) is 5.95 Å². The van der Waals surface area contributed by atoms with Crippen LogP contribution in [0.5, 0.6) is 0 Å². The highest BCUT2D eigenvalue weighted by Gasteiger charge is 2.17. The van der Waals surface area contributed by atoms with Crippen LogP contribution in [0.1, 0.15) is 18.4 Å². The molecule has 128 valence electrons. The van der Waals surface area contributed by atoms with Gasteiger partial charge in [0, 0.05) is 18.0 Å². The summed E-state index contributed by atoms with van der Waals surface area (Å²) in [4.78, 5) is 20.9. The van der Waals surface area contributed by atoms with Gasteiger partial charge in [-0.05, 0) is 29.3 Å². The topological polar surface area (TPSA) is 83.6 Å². The van der Waals surface area contributed by atoms with Gasteiger partial charge in [-0.15, -0.1) is 5.10 Å². The number of aromatic nitrogens is 4. The number of anilines is 1. The summed E-state index contributed by atoms with van der Waals surface area (Å²) in [6.45, 7) is 1.82. The quantitative estimate of drug-likeness (QED) is 0.591. The zero-order valence-electron chi connectivity index (χ0n) is 14.2. The molecule has 0 bridgehead atoms. The Balaban J connectivity index is 1.57. The van der Waals surface area contributed by atoms with E-state index in [0.717, 1.165) is 21.9 Å². The predicted octanol–water partition coefficient (Wildman–Crippen LogP) is 3.76. The normalized spacial score (nSPS) is 12.0. The molecule has 2 heterocycles. The van der Waals surface area contributed by atoms with Crippen molar-refractivity contribution in [2.75, 3.05) is 5.32 Å². The van der Waals surface area contributed by atoms with Crippen LogP contribution in [-0.2, 0) is 4.79 Å². The molecule has 26 heavy (non-hydrogen) atoms. The summed E-state index contributed by atoms with van der Waals surface area (Å²) < 4.78 is 0. The van der Waals surface area contributed by atoms with E-state index in [4.69, 9.17) is 0 Å². The first-order valence-electron chi connectivity index (χ1n) is 8.34. The fraction of sp³-hybridized carbons (Fsp3) is 0.100. The fourth-order valence-electron chi connectivity index (χ4n) is 2.87. The van der Waals surface area contributed by atoms with Crippen molar-refractivity contribution in [2.24, 2.45) is 0 Å². The monoisotopic (exact) mass is 343 g/mol. The van der Waals surface area contributed by atoms with Crippen LogP contribution >= 0.6 is 0 Å².